The predicted octanol–water partition coefficient (Wildman–Crippen LogP) is 3.79. The maximum Gasteiger partial charge on any atom is 0.288 e. The van der Waals surface area contributed by atoms with Crippen molar-refractivity contribution < 1.29 is 13.5 Å². The molecule has 2 atom stereocenters. The van der Waals surface area contributed by atoms with Crippen molar-refractivity contribution in [1.29, 1.82) is 0 Å². The molecule has 0 unspecified atom stereocenters. The highest BCUT2D eigenvalue weighted by Gasteiger charge is 2.40. The maximum absolute atomic E-state index is 14.7. The van der Waals surface area contributed by atoms with Gasteiger partial charge in [0.25, 0.3) is 6.02 Å². The fourth-order valence-electron chi connectivity index (χ4n) is 3.88. The summed E-state index contributed by atoms with van der Waals surface area (Å²) in [7, 11) is 0. The Kier molecular flexibility index (Phi) is 4.79. The Labute approximate surface area is 163 Å². The number of aliphatic imine (C=N–C) groups is 1. The Balaban J connectivity index is 1.72. The number of halogens is 2. The van der Waals surface area contributed by atoms with Gasteiger partial charge in [0.15, 0.2) is 0 Å². The minimum atomic E-state index is -0.588. The molecule has 1 N–H and O–H groups in total. The lowest BCUT2D eigenvalue weighted by Crippen LogP contribution is -2.45. The molecule has 6 heteroatoms. The molecule has 4 rings (SSSR count). The van der Waals surface area contributed by atoms with Gasteiger partial charge in [-0.1, -0.05) is 36.9 Å². The third-order valence-electron chi connectivity index (χ3n) is 5.29. The summed E-state index contributed by atoms with van der Waals surface area (Å²) in [5, 5.41) is 3.07. The Morgan fingerprint density at radius 3 is 2.89 bits per heavy atom. The molecule has 0 amide bonds. The molecule has 0 fully saturated rings. The van der Waals surface area contributed by atoms with Gasteiger partial charge in [0.05, 0.1) is 19.1 Å². The molecule has 0 radical (unpaired) electrons. The molecular formula is C22H23F2N3O. The van der Waals surface area contributed by atoms with E-state index in [9.17, 15) is 8.78 Å². The molecule has 2 aromatic rings. The highest BCUT2D eigenvalue weighted by atomic mass is 19.1. The quantitative estimate of drug-likeness (QED) is 0.873. The zero-order valence-electron chi connectivity index (χ0n) is 15.8. The van der Waals surface area contributed by atoms with E-state index in [1.54, 1.807) is 6.20 Å². The Morgan fingerprint density at radius 2 is 2.11 bits per heavy atom. The third-order valence-corrected chi connectivity index (χ3v) is 5.29. The van der Waals surface area contributed by atoms with Crippen LogP contribution in [0.2, 0.25) is 0 Å². The first-order valence-corrected chi connectivity index (χ1v) is 9.38. The number of amidine groups is 1. The number of benzene rings is 2. The van der Waals surface area contributed by atoms with Crippen molar-refractivity contribution in [2.45, 2.75) is 25.0 Å². The molecule has 28 heavy (non-hydrogen) atoms. The highest BCUT2D eigenvalue weighted by molar-refractivity contribution is 5.77. The molecule has 146 valence electrons. The van der Waals surface area contributed by atoms with Crippen molar-refractivity contribution >= 4 is 6.02 Å². The van der Waals surface area contributed by atoms with Gasteiger partial charge in [-0.15, -0.1) is 0 Å². The molecule has 0 saturated carbocycles. The first kappa shape index (κ1) is 18.5. The number of hydrogen-bond acceptors (Lipinski definition) is 4. The van der Waals surface area contributed by atoms with E-state index < -0.39 is 23.3 Å². The van der Waals surface area contributed by atoms with Crippen molar-refractivity contribution in [2.75, 3.05) is 19.6 Å². The topological polar surface area (TPSA) is 36.9 Å². The van der Waals surface area contributed by atoms with Gasteiger partial charge in [0, 0.05) is 18.2 Å². The molecule has 0 aliphatic carbocycles. The van der Waals surface area contributed by atoms with Crippen LogP contribution in [-0.4, -0.2) is 36.2 Å². The van der Waals surface area contributed by atoms with Crippen molar-refractivity contribution in [1.82, 2.24) is 10.2 Å². The maximum atomic E-state index is 14.7. The molecule has 2 aromatic carbocycles. The van der Waals surface area contributed by atoms with E-state index in [0.29, 0.717) is 31.2 Å². The number of hydrogen-bond donors (Lipinski definition) is 1. The van der Waals surface area contributed by atoms with Gasteiger partial charge in [0.2, 0.25) is 0 Å². The smallest absolute Gasteiger partial charge is 0.288 e. The lowest BCUT2D eigenvalue weighted by molar-refractivity contribution is 0.0824. The average Bonchev–Trinajstić information content (AvgIpc) is 3.08. The van der Waals surface area contributed by atoms with Crippen LogP contribution in [0.15, 0.2) is 60.2 Å². The van der Waals surface area contributed by atoms with Crippen molar-refractivity contribution in [3.8, 4) is 0 Å². The number of nitrogens with zero attached hydrogens (tertiary/aromatic N) is 2. The summed E-state index contributed by atoms with van der Waals surface area (Å²) in [5.41, 5.74) is 2.06. The Morgan fingerprint density at radius 1 is 1.29 bits per heavy atom. The van der Waals surface area contributed by atoms with Crippen molar-refractivity contribution in [3.63, 3.8) is 0 Å². The van der Waals surface area contributed by atoms with Crippen molar-refractivity contribution in [3.05, 3.63) is 83.6 Å². The molecule has 4 nitrogen and oxygen atoms in total. The Bertz CT molecular complexity index is 930. The van der Waals surface area contributed by atoms with E-state index in [4.69, 9.17) is 4.74 Å². The van der Waals surface area contributed by atoms with Gasteiger partial charge >= 0.3 is 0 Å². The van der Waals surface area contributed by atoms with Crippen LogP contribution >= 0.6 is 0 Å². The number of fused-ring (bicyclic) bond motifs is 1. The number of rotatable bonds is 4. The van der Waals surface area contributed by atoms with Crippen LogP contribution in [0.4, 0.5) is 8.78 Å². The SMILES string of the molecule is C=CNC[C@]1(C)CN=C(N2CCc3ccccc3[C@@H]2c2ccc(F)cc2F)O1. The summed E-state index contributed by atoms with van der Waals surface area (Å²) >= 11 is 0. The zero-order valence-corrected chi connectivity index (χ0v) is 15.8. The molecular weight excluding hydrogens is 360 g/mol. The largest absolute Gasteiger partial charge is 0.455 e. The van der Waals surface area contributed by atoms with E-state index in [0.717, 1.165) is 23.6 Å². The van der Waals surface area contributed by atoms with E-state index in [1.165, 1.54) is 12.1 Å². The molecule has 2 heterocycles. The molecule has 0 bridgehead atoms. The predicted molar refractivity (Wildman–Crippen MR) is 105 cm³/mol. The molecule has 0 saturated heterocycles. The normalized spacial score (nSPS) is 23.6. The Hall–Kier alpha value is -2.89. The minimum Gasteiger partial charge on any atom is -0.455 e. The van der Waals surface area contributed by atoms with Gasteiger partial charge in [-0.05, 0) is 36.7 Å². The summed E-state index contributed by atoms with van der Waals surface area (Å²) in [4.78, 5) is 6.59. The fraction of sp³-hybridized carbons (Fsp3) is 0.318. The van der Waals surface area contributed by atoms with Gasteiger partial charge in [-0.2, -0.15) is 0 Å². The van der Waals surface area contributed by atoms with E-state index in [2.05, 4.69) is 23.0 Å². The van der Waals surface area contributed by atoms with E-state index in [-0.39, 0.29) is 0 Å². The van der Waals surface area contributed by atoms with Crippen molar-refractivity contribution in [2.24, 2.45) is 4.99 Å². The standard InChI is InChI=1S/C22H23F2N3O/c1-3-25-13-22(2)14-26-21(28-22)27-11-10-15-6-4-5-7-17(15)20(27)18-9-8-16(23)12-19(18)24/h3-9,12,20,25H,1,10-11,13-14H2,2H3/t20-,22-/m1/s1. The van der Waals surface area contributed by atoms with Crippen LogP contribution < -0.4 is 5.32 Å². The summed E-state index contributed by atoms with van der Waals surface area (Å²) in [6, 6.07) is 11.8. The fourth-order valence-corrected chi connectivity index (χ4v) is 3.88. The molecule has 0 aromatic heterocycles. The van der Waals surface area contributed by atoms with Gasteiger partial charge in [0.1, 0.15) is 17.2 Å². The third kappa shape index (κ3) is 3.35. The van der Waals surface area contributed by atoms with E-state index >= 15 is 0 Å². The van der Waals surface area contributed by atoms with Crippen LogP contribution in [0, 0.1) is 11.6 Å². The first-order valence-electron chi connectivity index (χ1n) is 9.38. The average molecular weight is 383 g/mol. The first-order chi connectivity index (χ1) is 13.5. The minimum absolute atomic E-state index is 0.415. The molecule has 0 spiro atoms. The van der Waals surface area contributed by atoms with Gasteiger partial charge in [-0.3, -0.25) is 0 Å². The second-order valence-corrected chi connectivity index (χ2v) is 7.45. The second kappa shape index (κ2) is 7.26. The summed E-state index contributed by atoms with van der Waals surface area (Å²) in [6.07, 6.45) is 2.43. The van der Waals surface area contributed by atoms with Crippen LogP contribution in [0.25, 0.3) is 0 Å². The lowest BCUT2D eigenvalue weighted by atomic mass is 9.88. The summed E-state index contributed by atoms with van der Waals surface area (Å²) < 4.78 is 34.4. The second-order valence-electron chi connectivity index (χ2n) is 7.45. The van der Waals surface area contributed by atoms with Crippen LogP contribution in [0.1, 0.15) is 29.7 Å². The monoisotopic (exact) mass is 383 g/mol. The lowest BCUT2D eigenvalue weighted by Gasteiger charge is -2.39. The van der Waals surface area contributed by atoms with Gasteiger partial charge in [-0.25, -0.2) is 13.8 Å². The summed E-state index contributed by atoms with van der Waals surface area (Å²) in [6.45, 7) is 7.36. The number of ether oxygens (including phenoxy) is 1. The highest BCUT2D eigenvalue weighted by Crippen LogP contribution is 2.38. The molecule has 2 aliphatic rings. The zero-order chi connectivity index (χ0) is 19.7. The summed E-state index contributed by atoms with van der Waals surface area (Å²) in [5.74, 6) is -1.16. The number of nitrogens with one attached hydrogen (secondary N) is 1. The molecule has 2 aliphatic heterocycles. The van der Waals surface area contributed by atoms with Gasteiger partial charge < -0.3 is 15.0 Å². The van der Waals surface area contributed by atoms with Crippen LogP contribution in [0.5, 0.6) is 0 Å². The van der Waals surface area contributed by atoms with Crippen LogP contribution in [0.3, 0.4) is 0 Å². The van der Waals surface area contributed by atoms with E-state index in [1.807, 2.05) is 30.0 Å². The van der Waals surface area contributed by atoms with Crippen LogP contribution in [-0.2, 0) is 11.2 Å².